The third-order valence-electron chi connectivity index (χ3n) is 5.10. The number of rotatable bonds is 10. The number of aliphatic carboxylic acids is 2. The van der Waals surface area contributed by atoms with Crippen LogP contribution in [0.15, 0.2) is 29.1 Å². The third-order valence-corrected chi connectivity index (χ3v) is 5.10. The first-order valence-electron chi connectivity index (χ1n) is 10.1. The van der Waals surface area contributed by atoms with E-state index in [2.05, 4.69) is 25.6 Å². The quantitative estimate of drug-likeness (QED) is 0.226. The summed E-state index contributed by atoms with van der Waals surface area (Å²) in [4.78, 5) is 56.1. The number of aryl methyl sites for hydroxylation is 1. The number of benzene rings is 1. The molecule has 0 aliphatic heterocycles. The number of hydrogen-bond acceptors (Lipinski definition) is 7. The highest BCUT2D eigenvalue weighted by Crippen LogP contribution is 2.17. The molecule has 0 aliphatic rings. The van der Waals surface area contributed by atoms with Gasteiger partial charge in [0.2, 0.25) is 5.95 Å². The van der Waals surface area contributed by atoms with Crippen molar-refractivity contribution in [2.75, 3.05) is 5.73 Å². The van der Waals surface area contributed by atoms with Crippen LogP contribution in [0.4, 0.5) is 5.95 Å². The minimum absolute atomic E-state index is 0.0361. The Morgan fingerprint density at radius 3 is 2.45 bits per heavy atom. The highest BCUT2D eigenvalue weighted by atomic mass is 16.4. The molecule has 0 saturated heterocycles. The lowest BCUT2D eigenvalue weighted by Gasteiger charge is -2.13. The Kier molecular flexibility index (Phi) is 7.08. The second-order valence-corrected chi connectivity index (χ2v) is 7.50. The molecule has 12 nitrogen and oxygen atoms in total. The number of carboxylic acids is 2. The Bertz CT molecular complexity index is 1250. The molecule has 3 aromatic rings. The molecular formula is C21H24N6O6. The molecule has 2 aromatic heterocycles. The summed E-state index contributed by atoms with van der Waals surface area (Å²) < 4.78 is 0. The maximum Gasteiger partial charge on any atom is 0.326 e. The van der Waals surface area contributed by atoms with E-state index in [1.165, 1.54) is 0 Å². The molecule has 1 atom stereocenters. The maximum atomic E-state index is 12.3. The van der Waals surface area contributed by atoms with Crippen LogP contribution in [0.3, 0.4) is 0 Å². The number of nitrogens with one attached hydrogen (secondary N) is 4. The van der Waals surface area contributed by atoms with E-state index in [1.54, 1.807) is 24.3 Å². The van der Waals surface area contributed by atoms with Crippen molar-refractivity contribution in [1.82, 2.24) is 25.6 Å². The lowest BCUT2D eigenvalue weighted by atomic mass is 10.1. The largest absolute Gasteiger partial charge is 0.481 e. The molecule has 174 valence electrons. The van der Waals surface area contributed by atoms with E-state index in [1.807, 2.05) is 6.92 Å². The number of hydrogen-bond donors (Lipinski definition) is 7. The molecule has 0 bridgehead atoms. The van der Waals surface area contributed by atoms with Crippen molar-refractivity contribution in [2.45, 2.75) is 38.9 Å². The van der Waals surface area contributed by atoms with Gasteiger partial charge in [0, 0.05) is 36.3 Å². The first kappa shape index (κ1) is 23.5. The van der Waals surface area contributed by atoms with E-state index < -0.39 is 23.9 Å². The van der Waals surface area contributed by atoms with Crippen LogP contribution in [0.5, 0.6) is 0 Å². The molecule has 0 saturated carbocycles. The summed E-state index contributed by atoms with van der Waals surface area (Å²) in [5, 5.41) is 23.9. The van der Waals surface area contributed by atoms with Crippen LogP contribution in [0.25, 0.3) is 11.0 Å². The minimum atomic E-state index is -1.30. The van der Waals surface area contributed by atoms with Crippen LogP contribution in [-0.4, -0.2) is 49.1 Å². The second-order valence-electron chi connectivity index (χ2n) is 7.50. The average molecular weight is 456 g/mol. The number of nitrogen functional groups attached to an aromatic ring is 1. The Labute approximate surface area is 187 Å². The molecular weight excluding hydrogens is 432 g/mol. The van der Waals surface area contributed by atoms with Crippen LogP contribution in [0.1, 0.15) is 40.0 Å². The second kappa shape index (κ2) is 9.96. The fraction of sp³-hybridized carbons (Fsp3) is 0.286. The first-order chi connectivity index (χ1) is 15.7. The molecule has 12 heteroatoms. The van der Waals surface area contributed by atoms with Crippen molar-refractivity contribution >= 4 is 34.8 Å². The van der Waals surface area contributed by atoms with E-state index in [0.717, 1.165) is 16.8 Å². The van der Waals surface area contributed by atoms with E-state index >= 15 is 0 Å². The van der Waals surface area contributed by atoms with Gasteiger partial charge in [-0.1, -0.05) is 12.1 Å². The molecule has 0 fully saturated rings. The third kappa shape index (κ3) is 5.74. The van der Waals surface area contributed by atoms with Crippen LogP contribution in [-0.2, 0) is 22.7 Å². The number of H-pyrrole nitrogens is 2. The number of amides is 1. The van der Waals surface area contributed by atoms with Crippen molar-refractivity contribution in [3.8, 4) is 0 Å². The zero-order valence-corrected chi connectivity index (χ0v) is 17.8. The number of nitrogens with zero attached hydrogens (tertiary/aromatic N) is 1. The molecule has 1 aromatic carbocycles. The molecule has 0 spiro atoms. The number of aromatic nitrogens is 3. The van der Waals surface area contributed by atoms with Crippen LogP contribution < -0.4 is 21.9 Å². The molecule has 1 amide bonds. The molecule has 33 heavy (non-hydrogen) atoms. The minimum Gasteiger partial charge on any atom is -0.481 e. The Hall–Kier alpha value is -4.19. The Balaban J connectivity index is 1.60. The summed E-state index contributed by atoms with van der Waals surface area (Å²) in [7, 11) is 0. The molecule has 0 unspecified atom stereocenters. The number of carbonyl (C=O) groups is 3. The average Bonchev–Trinajstić information content (AvgIpc) is 3.06. The number of fused-ring (bicyclic) bond motifs is 1. The van der Waals surface area contributed by atoms with E-state index in [-0.39, 0.29) is 29.9 Å². The number of carbonyl (C=O) groups excluding carboxylic acids is 1. The van der Waals surface area contributed by atoms with Gasteiger partial charge in [-0.05, 0) is 31.0 Å². The van der Waals surface area contributed by atoms with Gasteiger partial charge in [-0.25, -0.2) is 4.79 Å². The molecule has 3 rings (SSSR count). The molecule has 2 heterocycles. The SMILES string of the molecule is Cc1[nH]c2nc(N)[nH]c(=O)c2c1CNCc1ccc(C(=O)N[C@H](CCC(=O)O)C(=O)O)cc1. The monoisotopic (exact) mass is 456 g/mol. The number of carboxylic acid groups (broad SMARTS) is 2. The van der Waals surface area contributed by atoms with Crippen molar-refractivity contribution in [1.29, 1.82) is 0 Å². The van der Waals surface area contributed by atoms with Crippen molar-refractivity contribution < 1.29 is 24.6 Å². The normalized spacial score (nSPS) is 11.9. The zero-order valence-electron chi connectivity index (χ0n) is 17.8. The number of aromatic amines is 2. The van der Waals surface area contributed by atoms with Gasteiger partial charge in [-0.15, -0.1) is 0 Å². The topological polar surface area (TPSA) is 203 Å². The van der Waals surface area contributed by atoms with Gasteiger partial charge in [0.25, 0.3) is 11.5 Å². The summed E-state index contributed by atoms with van der Waals surface area (Å²) in [5.74, 6) is -3.00. The lowest BCUT2D eigenvalue weighted by molar-refractivity contribution is -0.140. The Morgan fingerprint density at radius 1 is 1.12 bits per heavy atom. The number of nitrogens with two attached hydrogens (primary N) is 1. The molecule has 0 aliphatic carbocycles. The summed E-state index contributed by atoms with van der Waals surface area (Å²) >= 11 is 0. The Morgan fingerprint density at radius 2 is 1.82 bits per heavy atom. The highest BCUT2D eigenvalue weighted by Gasteiger charge is 2.21. The standard InChI is InChI=1S/C21H24N6O6/c1-10-13(16-17(24-10)26-21(22)27-19(16)31)9-23-8-11-2-4-12(5-3-11)18(30)25-14(20(32)33)6-7-15(28)29/h2-5,14,23H,6-9H2,1H3,(H,25,30)(H,28,29)(H,32,33)(H4,22,24,26,27,31)/t14-/m1/s1. The van der Waals surface area contributed by atoms with Crippen molar-refractivity contribution in [3.05, 3.63) is 57.0 Å². The van der Waals surface area contributed by atoms with Crippen molar-refractivity contribution in [3.63, 3.8) is 0 Å². The zero-order chi connectivity index (χ0) is 24.1. The fourth-order valence-electron chi connectivity index (χ4n) is 3.40. The van der Waals surface area contributed by atoms with Gasteiger partial charge in [-0.3, -0.25) is 19.4 Å². The summed E-state index contributed by atoms with van der Waals surface area (Å²) in [5.41, 5.74) is 8.36. The van der Waals surface area contributed by atoms with Gasteiger partial charge >= 0.3 is 11.9 Å². The van der Waals surface area contributed by atoms with Gasteiger partial charge in [0.15, 0.2) is 0 Å². The highest BCUT2D eigenvalue weighted by molar-refractivity contribution is 5.96. The van der Waals surface area contributed by atoms with Gasteiger partial charge in [-0.2, -0.15) is 4.98 Å². The van der Waals surface area contributed by atoms with Crippen molar-refractivity contribution in [2.24, 2.45) is 0 Å². The summed E-state index contributed by atoms with van der Waals surface area (Å²) in [6, 6.07) is 5.24. The van der Waals surface area contributed by atoms with Crippen LogP contribution >= 0.6 is 0 Å². The van der Waals surface area contributed by atoms with Gasteiger partial charge in [0.05, 0.1) is 5.39 Å². The van der Waals surface area contributed by atoms with Crippen LogP contribution in [0.2, 0.25) is 0 Å². The van der Waals surface area contributed by atoms with Gasteiger partial charge < -0.3 is 31.6 Å². The molecule has 0 radical (unpaired) electrons. The lowest BCUT2D eigenvalue weighted by Crippen LogP contribution is -2.41. The molecule has 8 N–H and O–H groups in total. The summed E-state index contributed by atoms with van der Waals surface area (Å²) in [6.07, 6.45) is -0.580. The van der Waals surface area contributed by atoms with E-state index in [9.17, 15) is 19.2 Å². The smallest absolute Gasteiger partial charge is 0.326 e. The van der Waals surface area contributed by atoms with E-state index in [4.69, 9.17) is 15.9 Å². The fourth-order valence-corrected chi connectivity index (χ4v) is 3.40. The van der Waals surface area contributed by atoms with E-state index in [0.29, 0.717) is 24.1 Å². The van der Waals surface area contributed by atoms with Crippen LogP contribution in [0, 0.1) is 6.92 Å². The predicted molar refractivity (Wildman–Crippen MR) is 119 cm³/mol. The predicted octanol–water partition coefficient (Wildman–Crippen LogP) is 0.479. The maximum absolute atomic E-state index is 12.3. The number of anilines is 1. The van der Waals surface area contributed by atoms with Gasteiger partial charge in [0.1, 0.15) is 11.7 Å². The first-order valence-corrected chi connectivity index (χ1v) is 10.1. The summed E-state index contributed by atoms with van der Waals surface area (Å²) in [6.45, 7) is 2.68.